The van der Waals surface area contributed by atoms with Crippen molar-refractivity contribution in [2.24, 2.45) is 0 Å². The quantitative estimate of drug-likeness (QED) is 0.895. The predicted octanol–water partition coefficient (Wildman–Crippen LogP) is 2.37. The molecule has 5 nitrogen and oxygen atoms in total. The fourth-order valence-corrected chi connectivity index (χ4v) is 1.93. The normalized spacial score (nSPS) is 10.3. The van der Waals surface area contributed by atoms with Crippen LogP contribution in [0.25, 0.3) is 0 Å². The molecule has 1 aromatic heterocycles. The lowest BCUT2D eigenvalue weighted by molar-refractivity contribution is 0.102. The van der Waals surface area contributed by atoms with Gasteiger partial charge >= 0.3 is 0 Å². The summed E-state index contributed by atoms with van der Waals surface area (Å²) in [6.07, 6.45) is 0. The second-order valence-electron chi connectivity index (χ2n) is 4.51. The summed E-state index contributed by atoms with van der Waals surface area (Å²) in [5.74, 6) is 0.125. The fraction of sp³-hybridized carbons (Fsp3) is 0.200. The third kappa shape index (κ3) is 3.55. The highest BCUT2D eigenvalue weighted by Gasteiger charge is 2.08. The van der Waals surface area contributed by atoms with Crippen LogP contribution in [0.5, 0.6) is 0 Å². The summed E-state index contributed by atoms with van der Waals surface area (Å²) in [4.78, 5) is 16.2. The van der Waals surface area contributed by atoms with E-state index in [4.69, 9.17) is 10.5 Å². The molecule has 2 aromatic rings. The number of pyridine rings is 1. The Morgan fingerprint density at radius 2 is 2.15 bits per heavy atom. The second kappa shape index (κ2) is 6.16. The van der Waals surface area contributed by atoms with E-state index in [1.54, 1.807) is 26.2 Å². The summed E-state index contributed by atoms with van der Waals surface area (Å²) in [7, 11) is 1.63. The molecular formula is C15H17N3O2. The Hall–Kier alpha value is -2.40. The minimum atomic E-state index is -0.211. The number of nitrogens with two attached hydrogens (primary N) is 1. The molecule has 0 aliphatic heterocycles. The molecule has 0 spiro atoms. The number of carbonyl (C=O) groups excluding carboxylic acids is 1. The molecule has 3 N–H and O–H groups in total. The van der Waals surface area contributed by atoms with Gasteiger partial charge < -0.3 is 15.8 Å². The molecule has 0 radical (unpaired) electrons. The average molecular weight is 271 g/mol. The first-order valence-corrected chi connectivity index (χ1v) is 6.22. The molecule has 5 heteroatoms. The first-order valence-electron chi connectivity index (χ1n) is 6.22. The van der Waals surface area contributed by atoms with Crippen LogP contribution in [-0.4, -0.2) is 18.0 Å². The van der Waals surface area contributed by atoms with Gasteiger partial charge in [0.15, 0.2) is 0 Å². The van der Waals surface area contributed by atoms with Crippen molar-refractivity contribution in [3.05, 3.63) is 53.2 Å². The van der Waals surface area contributed by atoms with E-state index < -0.39 is 0 Å². The van der Waals surface area contributed by atoms with Crippen molar-refractivity contribution in [1.29, 1.82) is 0 Å². The van der Waals surface area contributed by atoms with E-state index in [-0.39, 0.29) is 5.91 Å². The number of nitrogens with one attached hydrogen (secondary N) is 1. The lowest BCUT2D eigenvalue weighted by Gasteiger charge is -2.08. The average Bonchev–Trinajstić information content (AvgIpc) is 2.38. The van der Waals surface area contributed by atoms with E-state index >= 15 is 0 Å². The number of benzene rings is 1. The molecule has 0 saturated carbocycles. The summed E-state index contributed by atoms with van der Waals surface area (Å²) in [5.41, 5.74) is 8.57. The summed E-state index contributed by atoms with van der Waals surface area (Å²) in [6.45, 7) is 2.30. The molecule has 2 rings (SSSR count). The van der Waals surface area contributed by atoms with Gasteiger partial charge in [0.2, 0.25) is 0 Å². The van der Waals surface area contributed by atoms with Crippen LogP contribution in [0.2, 0.25) is 0 Å². The van der Waals surface area contributed by atoms with Gasteiger partial charge in [-0.05, 0) is 36.8 Å². The Labute approximate surface area is 117 Å². The van der Waals surface area contributed by atoms with Crippen LogP contribution < -0.4 is 11.1 Å². The maximum atomic E-state index is 12.2. The number of carbonyl (C=O) groups is 1. The predicted molar refractivity (Wildman–Crippen MR) is 78.5 cm³/mol. The molecule has 0 atom stereocenters. The van der Waals surface area contributed by atoms with E-state index in [1.807, 2.05) is 24.3 Å². The van der Waals surface area contributed by atoms with Crippen molar-refractivity contribution in [2.45, 2.75) is 13.5 Å². The summed E-state index contributed by atoms with van der Waals surface area (Å²) in [5, 5.41) is 2.83. The van der Waals surface area contributed by atoms with Crippen LogP contribution in [0.1, 0.15) is 21.6 Å². The number of nitrogens with zero attached hydrogens (tertiary/aromatic N) is 1. The van der Waals surface area contributed by atoms with Gasteiger partial charge in [0.1, 0.15) is 5.82 Å². The SMILES string of the molecule is COCc1cccc(NC(=O)c2cc(C)nc(N)c2)c1. The van der Waals surface area contributed by atoms with Crippen LogP contribution in [-0.2, 0) is 11.3 Å². The number of hydrogen-bond acceptors (Lipinski definition) is 4. The van der Waals surface area contributed by atoms with E-state index in [2.05, 4.69) is 10.3 Å². The molecule has 0 aliphatic rings. The number of hydrogen-bond donors (Lipinski definition) is 2. The number of nitrogen functional groups attached to an aromatic ring is 1. The molecule has 1 aromatic carbocycles. The molecule has 104 valence electrons. The highest BCUT2D eigenvalue weighted by atomic mass is 16.5. The molecule has 0 fully saturated rings. The van der Waals surface area contributed by atoms with Crippen molar-refractivity contribution < 1.29 is 9.53 Å². The number of aromatic nitrogens is 1. The summed E-state index contributed by atoms with van der Waals surface area (Å²) < 4.78 is 5.07. The molecule has 0 bridgehead atoms. The number of aryl methyl sites for hydroxylation is 1. The number of ether oxygens (including phenoxy) is 1. The van der Waals surface area contributed by atoms with Gasteiger partial charge in [-0.25, -0.2) is 4.98 Å². The maximum absolute atomic E-state index is 12.2. The van der Waals surface area contributed by atoms with Gasteiger partial charge in [-0.15, -0.1) is 0 Å². The molecule has 0 saturated heterocycles. The Balaban J connectivity index is 2.16. The summed E-state index contributed by atoms with van der Waals surface area (Å²) in [6, 6.07) is 10.8. The summed E-state index contributed by atoms with van der Waals surface area (Å²) >= 11 is 0. The van der Waals surface area contributed by atoms with Crippen molar-refractivity contribution >= 4 is 17.4 Å². The topological polar surface area (TPSA) is 77.2 Å². The Morgan fingerprint density at radius 1 is 1.35 bits per heavy atom. The highest BCUT2D eigenvalue weighted by molar-refractivity contribution is 6.04. The maximum Gasteiger partial charge on any atom is 0.255 e. The second-order valence-corrected chi connectivity index (χ2v) is 4.51. The number of anilines is 2. The van der Waals surface area contributed by atoms with E-state index in [0.717, 1.165) is 11.3 Å². The molecule has 20 heavy (non-hydrogen) atoms. The van der Waals surface area contributed by atoms with Crippen LogP contribution in [0.15, 0.2) is 36.4 Å². The lowest BCUT2D eigenvalue weighted by Crippen LogP contribution is -2.13. The molecule has 0 unspecified atom stereocenters. The first-order chi connectivity index (χ1) is 9.58. The fourth-order valence-electron chi connectivity index (χ4n) is 1.93. The van der Waals surface area contributed by atoms with Crippen LogP contribution in [0, 0.1) is 6.92 Å². The van der Waals surface area contributed by atoms with E-state index in [0.29, 0.717) is 23.7 Å². The van der Waals surface area contributed by atoms with Gasteiger partial charge in [0.25, 0.3) is 5.91 Å². The number of rotatable bonds is 4. The first kappa shape index (κ1) is 14.0. The standard InChI is InChI=1S/C15H17N3O2/c1-10-6-12(8-14(16)17-10)15(19)18-13-5-3-4-11(7-13)9-20-2/h3-8H,9H2,1-2H3,(H2,16,17)(H,18,19). The zero-order valence-corrected chi connectivity index (χ0v) is 11.5. The zero-order chi connectivity index (χ0) is 14.5. The highest BCUT2D eigenvalue weighted by Crippen LogP contribution is 2.14. The zero-order valence-electron chi connectivity index (χ0n) is 11.5. The number of amides is 1. The van der Waals surface area contributed by atoms with Gasteiger partial charge in [-0.1, -0.05) is 12.1 Å². The smallest absolute Gasteiger partial charge is 0.255 e. The van der Waals surface area contributed by atoms with Gasteiger partial charge in [0.05, 0.1) is 6.61 Å². The largest absolute Gasteiger partial charge is 0.384 e. The monoisotopic (exact) mass is 271 g/mol. The van der Waals surface area contributed by atoms with Crippen LogP contribution in [0.4, 0.5) is 11.5 Å². The Bertz CT molecular complexity index is 606. The molecule has 0 aliphatic carbocycles. The van der Waals surface area contributed by atoms with Gasteiger partial charge in [-0.2, -0.15) is 0 Å². The Morgan fingerprint density at radius 3 is 2.85 bits per heavy atom. The van der Waals surface area contributed by atoms with Crippen molar-refractivity contribution in [3.8, 4) is 0 Å². The third-order valence-corrected chi connectivity index (χ3v) is 2.73. The minimum absolute atomic E-state index is 0.211. The Kier molecular flexibility index (Phi) is 4.32. The van der Waals surface area contributed by atoms with Crippen LogP contribution >= 0.6 is 0 Å². The minimum Gasteiger partial charge on any atom is -0.384 e. The lowest BCUT2D eigenvalue weighted by atomic mass is 10.2. The molecule has 1 amide bonds. The van der Waals surface area contributed by atoms with Gasteiger partial charge in [0, 0.05) is 24.1 Å². The van der Waals surface area contributed by atoms with E-state index in [9.17, 15) is 4.79 Å². The van der Waals surface area contributed by atoms with Crippen LogP contribution in [0.3, 0.4) is 0 Å². The van der Waals surface area contributed by atoms with E-state index in [1.165, 1.54) is 0 Å². The number of methoxy groups -OCH3 is 1. The molecule has 1 heterocycles. The molecular weight excluding hydrogens is 254 g/mol. The van der Waals surface area contributed by atoms with Crippen molar-refractivity contribution in [2.75, 3.05) is 18.2 Å². The van der Waals surface area contributed by atoms with Crippen molar-refractivity contribution in [1.82, 2.24) is 4.98 Å². The van der Waals surface area contributed by atoms with Crippen molar-refractivity contribution in [3.63, 3.8) is 0 Å². The third-order valence-electron chi connectivity index (χ3n) is 2.73. The van der Waals surface area contributed by atoms with Gasteiger partial charge in [-0.3, -0.25) is 4.79 Å².